The van der Waals surface area contributed by atoms with Crippen molar-refractivity contribution in [2.24, 2.45) is 5.41 Å². The molecule has 0 N–H and O–H groups in total. The second-order valence-electron chi connectivity index (χ2n) is 4.82. The molecule has 0 unspecified atom stereocenters. The van der Waals surface area contributed by atoms with Gasteiger partial charge in [0.2, 0.25) is 0 Å². The summed E-state index contributed by atoms with van der Waals surface area (Å²) in [6.07, 6.45) is 0. The second kappa shape index (κ2) is 4.61. The third-order valence-corrected chi connectivity index (χ3v) is 1.99. The minimum absolute atomic E-state index is 0.129. The van der Waals surface area contributed by atoms with Gasteiger partial charge in [-0.15, -0.1) is 0 Å². The van der Waals surface area contributed by atoms with E-state index >= 15 is 0 Å². The summed E-state index contributed by atoms with van der Waals surface area (Å²) in [5.74, 6) is 0. The molecule has 0 aromatic heterocycles. The van der Waals surface area contributed by atoms with Crippen LogP contribution in [0, 0.1) is 12.3 Å². The van der Waals surface area contributed by atoms with Gasteiger partial charge in [0.15, 0.2) is 0 Å². The van der Waals surface area contributed by atoms with Crippen molar-refractivity contribution >= 4 is 0 Å². The minimum atomic E-state index is 0.129. The topological polar surface area (TPSA) is 3.24 Å². The summed E-state index contributed by atoms with van der Waals surface area (Å²) in [4.78, 5) is 2.31. The molecule has 0 saturated heterocycles. The largest absolute Gasteiger partial charge is 0.302 e. The van der Waals surface area contributed by atoms with Crippen molar-refractivity contribution in [3.8, 4) is 0 Å². The standard InChI is InChI=1S/C13H20N/c1-13(2,3)11-14(4)10-12-8-6-5-7-9-12/h5-9H,1,10-11H2,2-4H3. The fourth-order valence-electron chi connectivity index (χ4n) is 1.68. The molecule has 0 bridgehead atoms. The van der Waals surface area contributed by atoms with Crippen LogP contribution in [0.4, 0.5) is 0 Å². The Balaban J connectivity index is 2.46. The van der Waals surface area contributed by atoms with Crippen molar-refractivity contribution in [2.45, 2.75) is 20.4 Å². The molecule has 0 aliphatic carbocycles. The Morgan fingerprint density at radius 1 is 1.21 bits per heavy atom. The van der Waals surface area contributed by atoms with E-state index in [4.69, 9.17) is 0 Å². The van der Waals surface area contributed by atoms with E-state index in [1.54, 1.807) is 0 Å². The summed E-state index contributed by atoms with van der Waals surface area (Å²) in [6, 6.07) is 10.5. The van der Waals surface area contributed by atoms with Crippen LogP contribution in [0.1, 0.15) is 19.4 Å². The maximum absolute atomic E-state index is 4.11. The molecule has 0 saturated carbocycles. The molecular weight excluding hydrogens is 170 g/mol. The Bertz CT molecular complexity index is 258. The lowest BCUT2D eigenvalue weighted by Gasteiger charge is -2.26. The van der Waals surface area contributed by atoms with Gasteiger partial charge in [0, 0.05) is 13.1 Å². The molecule has 0 fully saturated rings. The molecule has 14 heavy (non-hydrogen) atoms. The Labute approximate surface area is 87.7 Å². The summed E-state index contributed by atoms with van der Waals surface area (Å²) >= 11 is 0. The van der Waals surface area contributed by atoms with Gasteiger partial charge in [-0.05, 0) is 24.9 Å². The molecule has 1 aromatic carbocycles. The van der Waals surface area contributed by atoms with Gasteiger partial charge in [0.05, 0.1) is 0 Å². The summed E-state index contributed by atoms with van der Waals surface area (Å²) in [6.45, 7) is 10.4. The van der Waals surface area contributed by atoms with Gasteiger partial charge in [-0.1, -0.05) is 44.2 Å². The van der Waals surface area contributed by atoms with E-state index in [0.717, 1.165) is 13.1 Å². The minimum Gasteiger partial charge on any atom is -0.302 e. The molecule has 0 atom stereocenters. The van der Waals surface area contributed by atoms with Gasteiger partial charge in [0.25, 0.3) is 0 Å². The lowest BCUT2D eigenvalue weighted by Crippen LogP contribution is -2.29. The molecule has 0 aliphatic heterocycles. The van der Waals surface area contributed by atoms with E-state index in [-0.39, 0.29) is 5.41 Å². The maximum atomic E-state index is 4.11. The molecular formula is C13H20N. The zero-order valence-corrected chi connectivity index (χ0v) is 9.46. The molecule has 0 aliphatic rings. The van der Waals surface area contributed by atoms with E-state index < -0.39 is 0 Å². The Morgan fingerprint density at radius 2 is 1.79 bits per heavy atom. The first-order chi connectivity index (χ1) is 6.47. The lowest BCUT2D eigenvalue weighted by atomic mass is 9.96. The maximum Gasteiger partial charge on any atom is 0.0230 e. The number of rotatable bonds is 4. The predicted molar refractivity (Wildman–Crippen MR) is 61.9 cm³/mol. The highest BCUT2D eigenvalue weighted by Gasteiger charge is 2.13. The molecule has 0 spiro atoms. The van der Waals surface area contributed by atoms with Crippen LogP contribution >= 0.6 is 0 Å². The Hall–Kier alpha value is -0.820. The van der Waals surface area contributed by atoms with Crippen molar-refractivity contribution in [3.05, 3.63) is 42.8 Å². The first kappa shape index (κ1) is 11.3. The van der Waals surface area contributed by atoms with E-state index in [1.165, 1.54) is 5.56 Å². The number of benzene rings is 1. The fraction of sp³-hybridized carbons (Fsp3) is 0.462. The van der Waals surface area contributed by atoms with E-state index in [9.17, 15) is 0 Å². The third-order valence-electron chi connectivity index (χ3n) is 1.99. The highest BCUT2D eigenvalue weighted by Crippen LogP contribution is 2.15. The van der Waals surface area contributed by atoms with Crippen LogP contribution in [-0.4, -0.2) is 18.5 Å². The summed E-state index contributed by atoms with van der Waals surface area (Å²) in [7, 11) is 2.14. The highest BCUT2D eigenvalue weighted by atomic mass is 15.1. The van der Waals surface area contributed by atoms with Gasteiger partial charge in [-0.2, -0.15) is 0 Å². The molecule has 77 valence electrons. The first-order valence-electron chi connectivity index (χ1n) is 5.05. The lowest BCUT2D eigenvalue weighted by molar-refractivity contribution is 0.241. The van der Waals surface area contributed by atoms with Crippen LogP contribution in [0.2, 0.25) is 0 Å². The molecule has 0 amide bonds. The Morgan fingerprint density at radius 3 is 2.29 bits per heavy atom. The van der Waals surface area contributed by atoms with Crippen molar-refractivity contribution in [1.29, 1.82) is 0 Å². The van der Waals surface area contributed by atoms with Crippen LogP contribution in [0.5, 0.6) is 0 Å². The van der Waals surface area contributed by atoms with Crippen molar-refractivity contribution in [2.75, 3.05) is 13.6 Å². The van der Waals surface area contributed by atoms with Gasteiger partial charge in [-0.3, -0.25) is 0 Å². The normalized spacial score (nSPS) is 12.1. The monoisotopic (exact) mass is 190 g/mol. The molecule has 1 heteroatoms. The second-order valence-corrected chi connectivity index (χ2v) is 4.82. The van der Waals surface area contributed by atoms with Crippen molar-refractivity contribution in [3.63, 3.8) is 0 Å². The first-order valence-corrected chi connectivity index (χ1v) is 5.05. The average Bonchev–Trinajstić information content (AvgIpc) is 2.02. The summed E-state index contributed by atoms with van der Waals surface area (Å²) in [5.41, 5.74) is 1.49. The number of hydrogen-bond acceptors (Lipinski definition) is 1. The molecule has 1 nitrogen and oxygen atoms in total. The molecule has 1 aromatic rings. The van der Waals surface area contributed by atoms with Gasteiger partial charge < -0.3 is 4.90 Å². The number of hydrogen-bond donors (Lipinski definition) is 0. The quantitative estimate of drug-likeness (QED) is 0.705. The van der Waals surface area contributed by atoms with Gasteiger partial charge >= 0.3 is 0 Å². The van der Waals surface area contributed by atoms with Crippen LogP contribution in [0.3, 0.4) is 0 Å². The molecule has 1 radical (unpaired) electrons. The predicted octanol–water partition coefficient (Wildman–Crippen LogP) is 2.98. The van der Waals surface area contributed by atoms with Crippen LogP contribution in [0.25, 0.3) is 0 Å². The van der Waals surface area contributed by atoms with E-state index in [1.807, 2.05) is 0 Å². The SMILES string of the molecule is [CH2]C(C)(C)CN(C)Cc1ccccc1. The zero-order valence-electron chi connectivity index (χ0n) is 9.46. The fourth-order valence-corrected chi connectivity index (χ4v) is 1.68. The number of nitrogens with zero attached hydrogens (tertiary/aromatic N) is 1. The van der Waals surface area contributed by atoms with Crippen LogP contribution in [-0.2, 0) is 6.54 Å². The average molecular weight is 190 g/mol. The van der Waals surface area contributed by atoms with E-state index in [2.05, 4.69) is 63.1 Å². The molecule has 0 heterocycles. The van der Waals surface area contributed by atoms with Crippen LogP contribution in [0.15, 0.2) is 30.3 Å². The summed E-state index contributed by atoms with van der Waals surface area (Å²) in [5, 5.41) is 0. The smallest absolute Gasteiger partial charge is 0.0230 e. The summed E-state index contributed by atoms with van der Waals surface area (Å²) < 4.78 is 0. The van der Waals surface area contributed by atoms with Gasteiger partial charge in [0.1, 0.15) is 0 Å². The third kappa shape index (κ3) is 4.43. The van der Waals surface area contributed by atoms with E-state index in [0.29, 0.717) is 0 Å². The van der Waals surface area contributed by atoms with Gasteiger partial charge in [-0.25, -0.2) is 0 Å². The zero-order chi connectivity index (χ0) is 10.6. The van der Waals surface area contributed by atoms with Crippen molar-refractivity contribution in [1.82, 2.24) is 4.90 Å². The highest BCUT2D eigenvalue weighted by molar-refractivity contribution is 5.14. The van der Waals surface area contributed by atoms with Crippen LogP contribution < -0.4 is 0 Å². The van der Waals surface area contributed by atoms with Crippen molar-refractivity contribution < 1.29 is 0 Å². The Kier molecular flexibility index (Phi) is 3.70. The molecule has 1 rings (SSSR count).